The Kier molecular flexibility index (Phi) is 2.70. The van der Waals surface area contributed by atoms with Gasteiger partial charge in [-0.25, -0.2) is 0 Å². The van der Waals surface area contributed by atoms with E-state index in [9.17, 15) is 10.2 Å². The Morgan fingerprint density at radius 1 is 1.15 bits per heavy atom. The van der Waals surface area contributed by atoms with Crippen LogP contribution in [0.3, 0.4) is 0 Å². The van der Waals surface area contributed by atoms with E-state index in [0.29, 0.717) is 5.56 Å². The lowest BCUT2D eigenvalue weighted by atomic mass is 10.1. The predicted molar refractivity (Wildman–Crippen MR) is 49.0 cm³/mol. The van der Waals surface area contributed by atoms with Gasteiger partial charge in [0, 0.05) is 5.56 Å². The summed E-state index contributed by atoms with van der Waals surface area (Å²) in [5.74, 6) is -1.86. The topological polar surface area (TPSA) is 60.7 Å². The first-order valence-electron chi connectivity index (χ1n) is 3.94. The first kappa shape index (κ1) is 9.77. The maximum Gasteiger partial charge on any atom is 0.210 e. The normalized spacial score (nSPS) is 12.2. The van der Waals surface area contributed by atoms with Gasteiger partial charge in [-0.1, -0.05) is 6.08 Å². The summed E-state index contributed by atoms with van der Waals surface area (Å²) in [6.07, 6.45) is 2.81. The summed E-state index contributed by atoms with van der Waals surface area (Å²) >= 11 is 0. The second-order valence-corrected chi connectivity index (χ2v) is 2.77. The van der Waals surface area contributed by atoms with E-state index in [1.165, 1.54) is 30.3 Å². The molecule has 0 aromatic heterocycles. The van der Waals surface area contributed by atoms with Gasteiger partial charge in [0.15, 0.2) is 0 Å². The van der Waals surface area contributed by atoms with Crippen LogP contribution in [-0.2, 0) is 5.79 Å². The third-order valence-corrected chi connectivity index (χ3v) is 1.69. The van der Waals surface area contributed by atoms with E-state index in [2.05, 4.69) is 0 Å². The van der Waals surface area contributed by atoms with Crippen LogP contribution >= 0.6 is 0 Å². The summed E-state index contributed by atoms with van der Waals surface area (Å²) in [6.45, 7) is 1.70. The van der Waals surface area contributed by atoms with Gasteiger partial charge in [-0.15, -0.1) is 0 Å². The highest BCUT2D eigenvalue weighted by Gasteiger charge is 2.20. The fourth-order valence-corrected chi connectivity index (χ4v) is 1.04. The average Bonchev–Trinajstić information content (AvgIpc) is 2.05. The minimum Gasteiger partial charge on any atom is -0.508 e. The summed E-state index contributed by atoms with van der Waals surface area (Å²) < 4.78 is 0. The summed E-state index contributed by atoms with van der Waals surface area (Å²) in [4.78, 5) is 0. The second-order valence-electron chi connectivity index (χ2n) is 2.77. The van der Waals surface area contributed by atoms with Crippen molar-refractivity contribution in [1.82, 2.24) is 0 Å². The number of hydrogen-bond acceptors (Lipinski definition) is 3. The van der Waals surface area contributed by atoms with Crippen molar-refractivity contribution in [2.24, 2.45) is 0 Å². The monoisotopic (exact) mass is 180 g/mol. The Morgan fingerprint density at radius 2 is 1.69 bits per heavy atom. The standard InChI is InChI=1S/C10H12O3/c1-2-7-10(12,13)8-3-5-9(11)6-4-8/h2-7,11-13H,1H3. The number of phenols is 1. The van der Waals surface area contributed by atoms with E-state index in [1.54, 1.807) is 13.0 Å². The van der Waals surface area contributed by atoms with Gasteiger partial charge in [0.2, 0.25) is 5.79 Å². The fraction of sp³-hybridized carbons (Fsp3) is 0.200. The number of aliphatic hydroxyl groups is 2. The molecule has 13 heavy (non-hydrogen) atoms. The zero-order valence-electron chi connectivity index (χ0n) is 7.31. The molecule has 0 atom stereocenters. The van der Waals surface area contributed by atoms with Crippen molar-refractivity contribution in [3.63, 3.8) is 0 Å². The maximum absolute atomic E-state index is 9.46. The molecule has 0 unspecified atom stereocenters. The molecule has 0 fully saturated rings. The Hall–Kier alpha value is -1.32. The first-order valence-corrected chi connectivity index (χ1v) is 3.94. The molecule has 0 spiro atoms. The van der Waals surface area contributed by atoms with E-state index in [1.807, 2.05) is 0 Å². The quantitative estimate of drug-likeness (QED) is 0.472. The molecule has 0 aliphatic heterocycles. The van der Waals surface area contributed by atoms with Gasteiger partial charge < -0.3 is 15.3 Å². The highest BCUT2D eigenvalue weighted by atomic mass is 16.5. The Bertz CT molecular complexity index is 298. The van der Waals surface area contributed by atoms with Gasteiger partial charge in [-0.3, -0.25) is 0 Å². The SMILES string of the molecule is CC=CC(O)(O)c1ccc(O)cc1. The lowest BCUT2D eigenvalue weighted by Crippen LogP contribution is -2.21. The summed E-state index contributed by atoms with van der Waals surface area (Å²) in [6, 6.07) is 5.71. The van der Waals surface area contributed by atoms with Gasteiger partial charge in [0.1, 0.15) is 5.75 Å². The number of hydrogen-bond donors (Lipinski definition) is 3. The van der Waals surface area contributed by atoms with E-state index in [4.69, 9.17) is 5.11 Å². The van der Waals surface area contributed by atoms with E-state index in [-0.39, 0.29) is 5.75 Å². The largest absolute Gasteiger partial charge is 0.508 e. The van der Waals surface area contributed by atoms with Crippen molar-refractivity contribution in [2.75, 3.05) is 0 Å². The van der Waals surface area contributed by atoms with Crippen LogP contribution in [0, 0.1) is 0 Å². The molecule has 0 radical (unpaired) electrons. The van der Waals surface area contributed by atoms with E-state index < -0.39 is 5.79 Å². The van der Waals surface area contributed by atoms with Crippen molar-refractivity contribution < 1.29 is 15.3 Å². The van der Waals surface area contributed by atoms with Crippen LogP contribution in [0.25, 0.3) is 0 Å². The molecule has 0 amide bonds. The van der Waals surface area contributed by atoms with Gasteiger partial charge in [0.25, 0.3) is 0 Å². The molecule has 0 bridgehead atoms. The number of benzene rings is 1. The Balaban J connectivity index is 3.00. The summed E-state index contributed by atoms with van der Waals surface area (Å²) in [5.41, 5.74) is 0.323. The molecular formula is C10H12O3. The maximum atomic E-state index is 9.46. The molecule has 3 nitrogen and oxygen atoms in total. The predicted octanol–water partition coefficient (Wildman–Crippen LogP) is 1.11. The number of phenolic OH excluding ortho intramolecular Hbond substituents is 1. The van der Waals surface area contributed by atoms with E-state index >= 15 is 0 Å². The van der Waals surface area contributed by atoms with Gasteiger partial charge in [-0.05, 0) is 37.3 Å². The highest BCUT2D eigenvalue weighted by Crippen LogP contribution is 2.21. The zero-order chi connectivity index (χ0) is 9.90. The molecule has 1 rings (SSSR count). The number of rotatable bonds is 2. The first-order chi connectivity index (χ1) is 6.06. The Labute approximate surface area is 76.6 Å². The molecule has 3 heteroatoms. The van der Waals surface area contributed by atoms with Gasteiger partial charge in [-0.2, -0.15) is 0 Å². The van der Waals surface area contributed by atoms with Crippen LogP contribution < -0.4 is 0 Å². The van der Waals surface area contributed by atoms with Crippen LogP contribution in [0.5, 0.6) is 5.75 Å². The molecule has 70 valence electrons. The van der Waals surface area contributed by atoms with Gasteiger partial charge in [0.05, 0.1) is 0 Å². The molecule has 0 aliphatic rings. The molecular weight excluding hydrogens is 168 g/mol. The number of allylic oxidation sites excluding steroid dienone is 1. The summed E-state index contributed by atoms with van der Waals surface area (Å²) in [5, 5.41) is 27.9. The lowest BCUT2D eigenvalue weighted by Gasteiger charge is -2.17. The third-order valence-electron chi connectivity index (χ3n) is 1.69. The molecule has 0 saturated carbocycles. The smallest absolute Gasteiger partial charge is 0.210 e. The van der Waals surface area contributed by atoms with Crippen molar-refractivity contribution in [1.29, 1.82) is 0 Å². The fourth-order valence-electron chi connectivity index (χ4n) is 1.04. The molecule has 3 N–H and O–H groups in total. The van der Waals surface area contributed by atoms with Crippen molar-refractivity contribution in [3.8, 4) is 5.75 Å². The molecule has 1 aromatic carbocycles. The van der Waals surface area contributed by atoms with Crippen LogP contribution in [0.4, 0.5) is 0 Å². The van der Waals surface area contributed by atoms with Crippen molar-refractivity contribution in [3.05, 3.63) is 42.0 Å². The average molecular weight is 180 g/mol. The molecule has 1 aromatic rings. The van der Waals surface area contributed by atoms with Crippen LogP contribution in [-0.4, -0.2) is 15.3 Å². The highest BCUT2D eigenvalue weighted by molar-refractivity contribution is 5.30. The second kappa shape index (κ2) is 3.60. The third kappa shape index (κ3) is 2.31. The van der Waals surface area contributed by atoms with E-state index in [0.717, 1.165) is 0 Å². The number of aromatic hydroxyl groups is 1. The molecule has 0 saturated heterocycles. The Morgan fingerprint density at radius 3 is 2.15 bits per heavy atom. The van der Waals surface area contributed by atoms with Crippen LogP contribution in [0.15, 0.2) is 36.4 Å². The molecule has 0 aliphatic carbocycles. The minimum atomic E-state index is -1.96. The summed E-state index contributed by atoms with van der Waals surface area (Å²) in [7, 11) is 0. The van der Waals surface area contributed by atoms with Gasteiger partial charge >= 0.3 is 0 Å². The minimum absolute atomic E-state index is 0.0972. The molecule has 0 heterocycles. The zero-order valence-corrected chi connectivity index (χ0v) is 7.31. The van der Waals surface area contributed by atoms with Crippen molar-refractivity contribution >= 4 is 0 Å². The lowest BCUT2D eigenvalue weighted by molar-refractivity contribution is -0.125. The van der Waals surface area contributed by atoms with Crippen molar-refractivity contribution in [2.45, 2.75) is 12.7 Å². The van der Waals surface area contributed by atoms with Crippen LogP contribution in [0.2, 0.25) is 0 Å². The van der Waals surface area contributed by atoms with Crippen LogP contribution in [0.1, 0.15) is 12.5 Å².